The minimum Gasteiger partial charge on any atom is -0.507 e. The molecule has 0 spiro atoms. The normalized spacial score (nSPS) is 10.1. The van der Waals surface area contributed by atoms with E-state index in [1.165, 1.54) is 44.6 Å². The minimum absolute atomic E-state index is 0.00620. The number of ether oxygens (including phenoxy) is 3. The molecule has 0 atom stereocenters. The van der Waals surface area contributed by atoms with Crippen LogP contribution < -0.4 is 9.47 Å². The number of rotatable bonds is 6. The molecule has 0 heterocycles. The first-order chi connectivity index (χ1) is 11.5. The summed E-state index contributed by atoms with van der Waals surface area (Å²) in [5.74, 6) is -2.11. The monoisotopic (exact) mass is 334 g/mol. The maximum Gasteiger partial charge on any atom is 0.342 e. The van der Waals surface area contributed by atoms with Crippen molar-refractivity contribution < 1.29 is 33.3 Å². The molecule has 0 aliphatic heterocycles. The van der Waals surface area contributed by atoms with Crippen molar-refractivity contribution in [1.29, 1.82) is 0 Å². The number of esters is 1. The Hall–Kier alpha value is -3.09. The number of ketones is 1. The van der Waals surface area contributed by atoms with Crippen molar-refractivity contribution in [2.75, 3.05) is 20.8 Å². The molecule has 0 fully saturated rings. The maximum absolute atomic E-state index is 13.6. The second-order valence-corrected chi connectivity index (χ2v) is 4.73. The summed E-state index contributed by atoms with van der Waals surface area (Å²) in [6.07, 6.45) is 0. The molecule has 0 unspecified atom stereocenters. The van der Waals surface area contributed by atoms with Crippen molar-refractivity contribution in [2.45, 2.75) is 0 Å². The zero-order valence-corrected chi connectivity index (χ0v) is 13.0. The van der Waals surface area contributed by atoms with Gasteiger partial charge in [-0.25, -0.2) is 9.18 Å². The van der Waals surface area contributed by atoms with Crippen LogP contribution in [0.5, 0.6) is 17.2 Å². The van der Waals surface area contributed by atoms with E-state index >= 15 is 0 Å². The molecular formula is C17H15FO6. The van der Waals surface area contributed by atoms with Crippen LogP contribution in [-0.2, 0) is 4.74 Å². The quantitative estimate of drug-likeness (QED) is 0.646. The molecule has 0 aliphatic carbocycles. The molecule has 0 radical (unpaired) electrons. The van der Waals surface area contributed by atoms with Crippen LogP contribution in [0.3, 0.4) is 0 Å². The van der Waals surface area contributed by atoms with E-state index in [2.05, 4.69) is 0 Å². The zero-order valence-electron chi connectivity index (χ0n) is 13.0. The van der Waals surface area contributed by atoms with Crippen molar-refractivity contribution >= 4 is 11.8 Å². The molecule has 0 aliphatic rings. The average molecular weight is 334 g/mol. The van der Waals surface area contributed by atoms with Crippen molar-refractivity contribution in [3.05, 3.63) is 53.3 Å². The molecule has 7 heteroatoms. The van der Waals surface area contributed by atoms with Gasteiger partial charge in [0.05, 0.1) is 14.2 Å². The summed E-state index contributed by atoms with van der Waals surface area (Å²) in [6, 6.07) is 7.70. The molecule has 0 amide bonds. The van der Waals surface area contributed by atoms with E-state index < -0.39 is 24.2 Å². The Balaban J connectivity index is 2.03. The summed E-state index contributed by atoms with van der Waals surface area (Å²) in [5, 5.41) is 9.74. The first kappa shape index (κ1) is 17.3. The number of carbonyl (C=O) groups excluding carboxylic acids is 2. The topological polar surface area (TPSA) is 82.1 Å². The summed E-state index contributed by atoms with van der Waals surface area (Å²) in [7, 11) is 2.72. The van der Waals surface area contributed by atoms with Gasteiger partial charge in [-0.2, -0.15) is 0 Å². The summed E-state index contributed by atoms with van der Waals surface area (Å²) in [6.45, 7) is -0.587. The van der Waals surface area contributed by atoms with Gasteiger partial charge in [-0.1, -0.05) is 0 Å². The maximum atomic E-state index is 13.6. The van der Waals surface area contributed by atoms with E-state index in [9.17, 15) is 19.1 Å². The lowest BCUT2D eigenvalue weighted by Crippen LogP contribution is -2.14. The van der Waals surface area contributed by atoms with Gasteiger partial charge in [0, 0.05) is 11.6 Å². The molecular weight excluding hydrogens is 319 g/mol. The van der Waals surface area contributed by atoms with Crippen LogP contribution in [0, 0.1) is 5.82 Å². The summed E-state index contributed by atoms with van der Waals surface area (Å²) >= 11 is 0. The Morgan fingerprint density at radius 2 is 1.83 bits per heavy atom. The third-order valence-corrected chi connectivity index (χ3v) is 3.23. The Labute approximate surface area is 137 Å². The molecule has 2 aromatic rings. The minimum atomic E-state index is -0.877. The molecule has 24 heavy (non-hydrogen) atoms. The van der Waals surface area contributed by atoms with Crippen LogP contribution >= 0.6 is 0 Å². The lowest BCUT2D eigenvalue weighted by molar-refractivity contribution is 0.0471. The van der Waals surface area contributed by atoms with Gasteiger partial charge in [0.15, 0.2) is 24.0 Å². The van der Waals surface area contributed by atoms with Crippen LogP contribution in [0.1, 0.15) is 20.7 Å². The van der Waals surface area contributed by atoms with Gasteiger partial charge in [0.1, 0.15) is 17.1 Å². The van der Waals surface area contributed by atoms with Gasteiger partial charge in [-0.05, 0) is 30.3 Å². The highest BCUT2D eigenvalue weighted by Crippen LogP contribution is 2.24. The Morgan fingerprint density at radius 3 is 2.42 bits per heavy atom. The zero-order chi connectivity index (χ0) is 17.7. The number of phenolic OH excluding ortho intramolecular Hbond substituents is 1. The van der Waals surface area contributed by atoms with Gasteiger partial charge in [0.25, 0.3) is 0 Å². The van der Waals surface area contributed by atoms with Crippen LogP contribution in [0.2, 0.25) is 0 Å². The lowest BCUT2D eigenvalue weighted by atomic mass is 10.1. The largest absolute Gasteiger partial charge is 0.507 e. The van der Waals surface area contributed by atoms with Crippen molar-refractivity contribution in [3.63, 3.8) is 0 Å². The number of methoxy groups -OCH3 is 2. The van der Waals surface area contributed by atoms with Crippen molar-refractivity contribution in [2.24, 2.45) is 0 Å². The molecule has 0 aromatic heterocycles. The Morgan fingerprint density at radius 1 is 1.08 bits per heavy atom. The number of hydrogen-bond acceptors (Lipinski definition) is 6. The van der Waals surface area contributed by atoms with Crippen molar-refractivity contribution in [1.82, 2.24) is 0 Å². The van der Waals surface area contributed by atoms with E-state index in [4.69, 9.17) is 14.2 Å². The van der Waals surface area contributed by atoms with Gasteiger partial charge in [-0.3, -0.25) is 4.79 Å². The fourth-order valence-electron chi connectivity index (χ4n) is 1.94. The highest BCUT2D eigenvalue weighted by atomic mass is 19.1. The molecule has 0 bridgehead atoms. The van der Waals surface area contributed by atoms with Crippen LogP contribution in [0.25, 0.3) is 0 Å². The number of carbonyl (C=O) groups is 2. The molecule has 2 aromatic carbocycles. The Kier molecular flexibility index (Phi) is 5.36. The number of Topliss-reactive ketones (excluding diaryl/α,β-unsaturated/α-hetero) is 1. The summed E-state index contributed by atoms with van der Waals surface area (Å²) in [4.78, 5) is 23.8. The van der Waals surface area contributed by atoms with E-state index in [0.29, 0.717) is 5.75 Å². The van der Waals surface area contributed by atoms with Crippen LogP contribution in [0.15, 0.2) is 36.4 Å². The number of halogens is 1. The molecule has 1 N–H and O–H groups in total. The predicted octanol–water partition coefficient (Wildman–Crippen LogP) is 2.59. The van der Waals surface area contributed by atoms with E-state index in [1.54, 1.807) is 0 Å². The van der Waals surface area contributed by atoms with E-state index in [0.717, 1.165) is 6.07 Å². The van der Waals surface area contributed by atoms with Crippen LogP contribution in [0.4, 0.5) is 4.39 Å². The first-order valence-corrected chi connectivity index (χ1v) is 6.87. The first-order valence-electron chi connectivity index (χ1n) is 6.87. The summed E-state index contributed by atoms with van der Waals surface area (Å²) in [5.41, 5.74) is -0.0652. The number of aromatic hydroxyl groups is 1. The third kappa shape index (κ3) is 3.81. The smallest absolute Gasteiger partial charge is 0.342 e. The van der Waals surface area contributed by atoms with Crippen LogP contribution in [-0.4, -0.2) is 37.7 Å². The molecule has 126 valence electrons. The number of phenols is 1. The molecule has 6 nitrogen and oxygen atoms in total. The number of hydrogen-bond donors (Lipinski definition) is 1. The van der Waals surface area contributed by atoms with Gasteiger partial charge >= 0.3 is 5.97 Å². The van der Waals surface area contributed by atoms with Gasteiger partial charge < -0.3 is 19.3 Å². The molecule has 0 saturated carbocycles. The van der Waals surface area contributed by atoms with Crippen molar-refractivity contribution in [3.8, 4) is 17.2 Å². The fraction of sp³-hybridized carbons (Fsp3) is 0.176. The SMILES string of the molecule is COc1ccc(C(=O)OCC(=O)c2ccc(OC)c(F)c2)c(O)c1. The fourth-order valence-corrected chi connectivity index (χ4v) is 1.94. The molecule has 0 saturated heterocycles. The lowest BCUT2D eigenvalue weighted by Gasteiger charge is -2.08. The predicted molar refractivity (Wildman–Crippen MR) is 82.2 cm³/mol. The number of benzene rings is 2. The van der Waals surface area contributed by atoms with E-state index in [1.807, 2.05) is 0 Å². The highest BCUT2D eigenvalue weighted by Gasteiger charge is 2.17. The third-order valence-electron chi connectivity index (χ3n) is 3.23. The van der Waals surface area contributed by atoms with Gasteiger partial charge in [0.2, 0.25) is 0 Å². The second-order valence-electron chi connectivity index (χ2n) is 4.73. The highest BCUT2D eigenvalue weighted by molar-refractivity contribution is 6.00. The Bertz CT molecular complexity index is 772. The standard InChI is InChI=1S/C17H15FO6/c1-22-11-4-5-12(14(19)8-11)17(21)24-9-15(20)10-3-6-16(23-2)13(18)7-10/h3-8,19H,9H2,1-2H3. The second kappa shape index (κ2) is 7.45. The van der Waals surface area contributed by atoms with E-state index in [-0.39, 0.29) is 22.6 Å². The van der Waals surface area contributed by atoms with Gasteiger partial charge in [-0.15, -0.1) is 0 Å². The average Bonchev–Trinajstić information content (AvgIpc) is 2.59. The summed E-state index contributed by atoms with van der Waals surface area (Å²) < 4.78 is 28.1. The molecule has 2 rings (SSSR count).